The van der Waals surface area contributed by atoms with Gasteiger partial charge in [0.15, 0.2) is 5.78 Å². The molecule has 0 aliphatic carbocycles. The monoisotopic (exact) mass is 424 g/mol. The van der Waals surface area contributed by atoms with E-state index >= 15 is 0 Å². The van der Waals surface area contributed by atoms with Gasteiger partial charge in [-0.05, 0) is 32.1 Å². The first-order chi connectivity index (χ1) is 14.5. The number of allylic oxidation sites excluding steroid dienone is 2. The SMILES string of the molecule is CCCCCCCC/C=C\CCCCCCCC(=O)C(N)CNC(=O)CCC(=O)O. The third kappa shape index (κ3) is 19.6. The summed E-state index contributed by atoms with van der Waals surface area (Å²) in [5, 5.41) is 11.0. The summed E-state index contributed by atoms with van der Waals surface area (Å²) in [6, 6.07) is -0.712. The van der Waals surface area contributed by atoms with Crippen molar-refractivity contribution in [3.05, 3.63) is 12.2 Å². The Kier molecular flexibility index (Phi) is 19.4. The van der Waals surface area contributed by atoms with E-state index in [9.17, 15) is 14.4 Å². The van der Waals surface area contributed by atoms with E-state index in [4.69, 9.17) is 10.8 Å². The molecule has 0 rings (SSSR count). The molecular weight excluding hydrogens is 380 g/mol. The average molecular weight is 425 g/mol. The lowest BCUT2D eigenvalue weighted by atomic mass is 10.0. The molecule has 0 spiro atoms. The second-order valence-corrected chi connectivity index (χ2v) is 8.10. The van der Waals surface area contributed by atoms with Gasteiger partial charge in [0.05, 0.1) is 12.5 Å². The van der Waals surface area contributed by atoms with Crippen LogP contribution in [-0.4, -0.2) is 35.4 Å². The number of amides is 1. The van der Waals surface area contributed by atoms with Crippen LogP contribution in [0.4, 0.5) is 0 Å². The van der Waals surface area contributed by atoms with Gasteiger partial charge in [-0.25, -0.2) is 0 Å². The molecule has 0 radical (unpaired) electrons. The second-order valence-electron chi connectivity index (χ2n) is 8.10. The Morgan fingerprint density at radius 3 is 1.90 bits per heavy atom. The average Bonchev–Trinajstić information content (AvgIpc) is 2.72. The molecule has 30 heavy (non-hydrogen) atoms. The topological polar surface area (TPSA) is 109 Å². The van der Waals surface area contributed by atoms with E-state index in [0.717, 1.165) is 25.7 Å². The number of hydrogen-bond donors (Lipinski definition) is 3. The molecule has 1 unspecified atom stereocenters. The van der Waals surface area contributed by atoms with Crippen molar-refractivity contribution in [2.24, 2.45) is 5.73 Å². The van der Waals surface area contributed by atoms with E-state index in [1.165, 1.54) is 57.8 Å². The highest BCUT2D eigenvalue weighted by Crippen LogP contribution is 2.10. The van der Waals surface area contributed by atoms with Crippen LogP contribution in [0.2, 0.25) is 0 Å². The zero-order valence-corrected chi connectivity index (χ0v) is 19.0. The van der Waals surface area contributed by atoms with E-state index in [1.807, 2.05) is 0 Å². The third-order valence-electron chi connectivity index (χ3n) is 5.18. The molecule has 0 aliphatic heterocycles. The normalized spacial score (nSPS) is 12.2. The number of ketones is 1. The van der Waals surface area contributed by atoms with Crippen LogP contribution in [0.3, 0.4) is 0 Å². The van der Waals surface area contributed by atoms with E-state index < -0.39 is 12.0 Å². The number of Topliss-reactive ketones (excluding diaryl/α,β-unsaturated/α-hetero) is 1. The van der Waals surface area contributed by atoms with Gasteiger partial charge in [0, 0.05) is 19.4 Å². The van der Waals surface area contributed by atoms with Gasteiger partial charge in [0.1, 0.15) is 0 Å². The number of nitrogens with two attached hydrogens (primary N) is 1. The largest absolute Gasteiger partial charge is 0.481 e. The van der Waals surface area contributed by atoms with Gasteiger partial charge in [-0.3, -0.25) is 14.4 Å². The maximum atomic E-state index is 12.0. The third-order valence-corrected chi connectivity index (χ3v) is 5.18. The Bertz CT molecular complexity index is 492. The van der Waals surface area contributed by atoms with Crippen LogP contribution in [0, 0.1) is 0 Å². The number of aliphatic carboxylic acids is 1. The van der Waals surface area contributed by atoms with Crippen molar-refractivity contribution in [2.45, 2.75) is 116 Å². The summed E-state index contributed by atoms with van der Waals surface area (Å²) in [6.45, 7) is 2.32. The molecule has 0 fully saturated rings. The van der Waals surface area contributed by atoms with Crippen molar-refractivity contribution in [3.8, 4) is 0 Å². The first kappa shape index (κ1) is 28.3. The van der Waals surface area contributed by atoms with Gasteiger partial charge < -0.3 is 16.2 Å². The zero-order valence-electron chi connectivity index (χ0n) is 19.0. The number of hydrogen-bond acceptors (Lipinski definition) is 4. The van der Waals surface area contributed by atoms with Crippen LogP contribution in [0.5, 0.6) is 0 Å². The number of carbonyl (C=O) groups is 3. The van der Waals surface area contributed by atoms with Crippen LogP contribution in [-0.2, 0) is 14.4 Å². The summed E-state index contributed by atoms with van der Waals surface area (Å²) < 4.78 is 0. The fourth-order valence-electron chi connectivity index (χ4n) is 3.20. The maximum absolute atomic E-state index is 12.0. The van der Waals surface area contributed by atoms with E-state index in [-0.39, 0.29) is 31.1 Å². The van der Waals surface area contributed by atoms with Crippen LogP contribution >= 0.6 is 0 Å². The number of unbranched alkanes of at least 4 members (excludes halogenated alkanes) is 11. The van der Waals surface area contributed by atoms with Gasteiger partial charge in [-0.1, -0.05) is 70.4 Å². The number of carboxylic acids is 1. The quantitative estimate of drug-likeness (QED) is 0.179. The van der Waals surface area contributed by atoms with Crippen molar-refractivity contribution in [2.75, 3.05) is 6.54 Å². The Hall–Kier alpha value is -1.69. The summed E-state index contributed by atoms with van der Waals surface area (Å²) in [6.07, 6.45) is 20.5. The first-order valence-electron chi connectivity index (χ1n) is 11.9. The highest BCUT2D eigenvalue weighted by Gasteiger charge is 2.14. The summed E-state index contributed by atoms with van der Waals surface area (Å²) >= 11 is 0. The van der Waals surface area contributed by atoms with Crippen molar-refractivity contribution >= 4 is 17.7 Å². The molecule has 0 aromatic rings. The smallest absolute Gasteiger partial charge is 0.303 e. The molecule has 0 aliphatic rings. The molecule has 0 heterocycles. The molecule has 1 atom stereocenters. The minimum atomic E-state index is -1.02. The van der Waals surface area contributed by atoms with E-state index in [2.05, 4.69) is 24.4 Å². The highest BCUT2D eigenvalue weighted by atomic mass is 16.4. The molecular formula is C24H44N2O4. The minimum absolute atomic E-state index is 0.0498. The summed E-state index contributed by atoms with van der Waals surface area (Å²) in [5.41, 5.74) is 5.79. The molecule has 0 saturated heterocycles. The second kappa shape index (κ2) is 20.6. The number of carbonyl (C=O) groups excluding carboxylic acids is 2. The van der Waals surface area contributed by atoms with E-state index in [1.54, 1.807) is 0 Å². The van der Waals surface area contributed by atoms with Gasteiger partial charge >= 0.3 is 5.97 Å². The number of nitrogens with one attached hydrogen (secondary N) is 1. The van der Waals surface area contributed by atoms with Crippen LogP contribution in [0.15, 0.2) is 12.2 Å². The lowest BCUT2D eigenvalue weighted by Crippen LogP contribution is -2.42. The lowest BCUT2D eigenvalue weighted by Gasteiger charge is -2.11. The van der Waals surface area contributed by atoms with Gasteiger partial charge in [0.25, 0.3) is 0 Å². The van der Waals surface area contributed by atoms with Crippen molar-refractivity contribution in [1.29, 1.82) is 0 Å². The summed E-state index contributed by atoms with van der Waals surface area (Å²) in [4.78, 5) is 33.8. The molecule has 0 aromatic carbocycles. The minimum Gasteiger partial charge on any atom is -0.481 e. The molecule has 0 bridgehead atoms. The van der Waals surface area contributed by atoms with Crippen LogP contribution in [0.25, 0.3) is 0 Å². The predicted octanol–water partition coefficient (Wildman–Crippen LogP) is 4.90. The summed E-state index contributed by atoms with van der Waals surface area (Å²) in [7, 11) is 0. The Morgan fingerprint density at radius 1 is 0.800 bits per heavy atom. The van der Waals surface area contributed by atoms with Crippen molar-refractivity contribution in [1.82, 2.24) is 5.32 Å². The number of carboxylic acid groups (broad SMARTS) is 1. The standard InChI is InChI=1S/C24H44N2O4/c1-2-3-4-5-6-7-8-9-10-11-12-13-14-15-16-17-22(27)21(25)20-26-23(28)18-19-24(29)30/h9-10,21H,2-8,11-20,25H2,1H3,(H,26,28)(H,29,30)/b10-9-. The van der Waals surface area contributed by atoms with Gasteiger partial charge in [-0.2, -0.15) is 0 Å². The first-order valence-corrected chi connectivity index (χ1v) is 11.9. The Balaban J connectivity index is 3.48. The molecule has 0 saturated carbocycles. The van der Waals surface area contributed by atoms with E-state index in [0.29, 0.717) is 6.42 Å². The molecule has 4 N–H and O–H groups in total. The van der Waals surface area contributed by atoms with Gasteiger partial charge in [0.2, 0.25) is 5.91 Å². The Labute approximate surface area is 183 Å². The predicted molar refractivity (Wildman–Crippen MR) is 122 cm³/mol. The fourth-order valence-corrected chi connectivity index (χ4v) is 3.20. The maximum Gasteiger partial charge on any atom is 0.303 e. The zero-order chi connectivity index (χ0) is 22.5. The fraction of sp³-hybridized carbons (Fsp3) is 0.792. The van der Waals surface area contributed by atoms with Crippen molar-refractivity contribution < 1.29 is 19.5 Å². The molecule has 0 aromatic heterocycles. The molecule has 1 amide bonds. The number of rotatable bonds is 21. The van der Waals surface area contributed by atoms with Crippen molar-refractivity contribution in [3.63, 3.8) is 0 Å². The molecule has 6 heteroatoms. The van der Waals surface area contributed by atoms with Gasteiger partial charge in [-0.15, -0.1) is 0 Å². The highest BCUT2D eigenvalue weighted by molar-refractivity contribution is 5.85. The van der Waals surface area contributed by atoms with Crippen LogP contribution < -0.4 is 11.1 Å². The summed E-state index contributed by atoms with van der Waals surface area (Å²) in [5.74, 6) is -1.46. The Morgan fingerprint density at radius 2 is 1.33 bits per heavy atom. The molecule has 174 valence electrons. The van der Waals surface area contributed by atoms with Crippen LogP contribution in [0.1, 0.15) is 110 Å². The lowest BCUT2D eigenvalue weighted by molar-refractivity contribution is -0.138. The molecule has 6 nitrogen and oxygen atoms in total.